The summed E-state index contributed by atoms with van der Waals surface area (Å²) in [5.74, 6) is 0. The Bertz CT molecular complexity index is 666. The molecular formula is C13H16F6N2O2S. The summed E-state index contributed by atoms with van der Waals surface area (Å²) in [5, 5.41) is 0. The van der Waals surface area contributed by atoms with Crippen LogP contribution in [-0.4, -0.2) is 38.2 Å². The van der Waals surface area contributed by atoms with Gasteiger partial charge < -0.3 is 5.73 Å². The maximum atomic E-state index is 13.0. The lowest BCUT2D eigenvalue weighted by Crippen LogP contribution is -2.60. The summed E-state index contributed by atoms with van der Waals surface area (Å²) in [6, 6.07) is 2.53. The van der Waals surface area contributed by atoms with Gasteiger partial charge in [0.25, 0.3) is 0 Å². The Kier molecular flexibility index (Phi) is 5.63. The van der Waals surface area contributed by atoms with E-state index in [9.17, 15) is 34.8 Å². The van der Waals surface area contributed by atoms with E-state index < -0.39 is 38.4 Å². The minimum absolute atomic E-state index is 0.00930. The van der Waals surface area contributed by atoms with Crippen molar-refractivity contribution in [3.05, 3.63) is 29.8 Å². The molecule has 0 fully saturated rings. The molecule has 0 spiro atoms. The van der Waals surface area contributed by atoms with Gasteiger partial charge in [0.15, 0.2) is 0 Å². The van der Waals surface area contributed by atoms with Crippen LogP contribution in [0.25, 0.3) is 0 Å². The van der Waals surface area contributed by atoms with E-state index in [2.05, 4.69) is 5.73 Å². The first-order chi connectivity index (χ1) is 10.7. The van der Waals surface area contributed by atoms with Crippen LogP contribution in [0.1, 0.15) is 19.4 Å². The van der Waals surface area contributed by atoms with Gasteiger partial charge in [-0.3, -0.25) is 0 Å². The van der Waals surface area contributed by atoms with Gasteiger partial charge in [0.1, 0.15) is 0 Å². The largest absolute Gasteiger partial charge is 0.419 e. The van der Waals surface area contributed by atoms with Crippen molar-refractivity contribution in [2.45, 2.75) is 36.6 Å². The fourth-order valence-electron chi connectivity index (χ4n) is 2.10. The Morgan fingerprint density at radius 1 is 1.00 bits per heavy atom. The lowest BCUT2D eigenvalue weighted by Gasteiger charge is -2.34. The second-order valence-electron chi connectivity index (χ2n) is 4.92. The van der Waals surface area contributed by atoms with Gasteiger partial charge >= 0.3 is 12.4 Å². The second-order valence-corrected chi connectivity index (χ2v) is 6.86. The van der Waals surface area contributed by atoms with Crippen LogP contribution in [0.3, 0.4) is 0 Å². The van der Waals surface area contributed by atoms with Gasteiger partial charge in [-0.1, -0.05) is 26.0 Å². The molecular weight excluding hydrogens is 362 g/mol. The highest BCUT2D eigenvalue weighted by atomic mass is 32.2. The number of nitrogens with zero attached hydrogens (tertiary/aromatic N) is 1. The van der Waals surface area contributed by atoms with Crippen molar-refractivity contribution in [3.63, 3.8) is 0 Å². The van der Waals surface area contributed by atoms with E-state index in [1.165, 1.54) is 13.8 Å². The zero-order valence-corrected chi connectivity index (χ0v) is 13.6. The lowest BCUT2D eigenvalue weighted by atomic mass is 9.89. The average molecular weight is 378 g/mol. The van der Waals surface area contributed by atoms with Crippen molar-refractivity contribution in [2.75, 3.05) is 13.1 Å². The number of benzene rings is 1. The highest BCUT2D eigenvalue weighted by Crippen LogP contribution is 2.48. The van der Waals surface area contributed by atoms with Crippen LogP contribution in [-0.2, 0) is 15.6 Å². The highest BCUT2D eigenvalue weighted by Gasteiger charge is 2.69. The van der Waals surface area contributed by atoms with Crippen LogP contribution in [0, 0.1) is 0 Å². The first-order valence-electron chi connectivity index (χ1n) is 6.76. The molecule has 0 aliphatic rings. The third-order valence-electron chi connectivity index (χ3n) is 3.53. The molecule has 0 radical (unpaired) electrons. The third-order valence-corrected chi connectivity index (χ3v) is 5.57. The molecule has 0 atom stereocenters. The molecule has 24 heavy (non-hydrogen) atoms. The van der Waals surface area contributed by atoms with Gasteiger partial charge in [-0.05, 0) is 17.7 Å². The van der Waals surface area contributed by atoms with Crippen molar-refractivity contribution < 1.29 is 34.8 Å². The molecule has 1 rings (SSSR count). The molecule has 11 heteroatoms. The summed E-state index contributed by atoms with van der Waals surface area (Å²) in [5.41, 5.74) is -1.40. The molecule has 4 nitrogen and oxygen atoms in total. The first kappa shape index (κ1) is 20.7. The van der Waals surface area contributed by atoms with Crippen molar-refractivity contribution >= 4 is 10.0 Å². The van der Waals surface area contributed by atoms with Crippen molar-refractivity contribution in [1.82, 2.24) is 4.31 Å². The topological polar surface area (TPSA) is 63.4 Å². The van der Waals surface area contributed by atoms with E-state index in [-0.39, 0.29) is 13.1 Å². The van der Waals surface area contributed by atoms with Crippen molar-refractivity contribution in [3.8, 4) is 0 Å². The molecule has 0 saturated carbocycles. The SMILES string of the molecule is CCN(CC)S(=O)(=O)c1cccc(C(N)(C(F)(F)F)C(F)(F)F)c1. The fourth-order valence-corrected chi connectivity index (χ4v) is 3.61. The molecule has 0 saturated heterocycles. The van der Waals surface area contributed by atoms with Gasteiger partial charge in [0.2, 0.25) is 15.6 Å². The first-order valence-corrected chi connectivity index (χ1v) is 8.20. The third kappa shape index (κ3) is 3.38. The molecule has 0 aliphatic carbocycles. The maximum absolute atomic E-state index is 13.0. The molecule has 0 amide bonds. The Morgan fingerprint density at radius 3 is 1.83 bits per heavy atom. The van der Waals surface area contributed by atoms with Crippen LogP contribution in [0.4, 0.5) is 26.3 Å². The minimum Gasteiger partial charge on any atom is -0.306 e. The molecule has 138 valence electrons. The Hall–Kier alpha value is -1.33. The molecule has 0 aromatic heterocycles. The summed E-state index contributed by atoms with van der Waals surface area (Å²) >= 11 is 0. The van der Waals surface area contributed by atoms with E-state index in [0.29, 0.717) is 12.1 Å². The quantitative estimate of drug-likeness (QED) is 0.802. The predicted octanol–water partition coefficient (Wildman–Crippen LogP) is 3.00. The van der Waals surface area contributed by atoms with Crippen LogP contribution in [0.2, 0.25) is 0 Å². The summed E-state index contributed by atoms with van der Waals surface area (Å²) in [6.45, 7) is 3.00. The maximum Gasteiger partial charge on any atom is 0.419 e. The van der Waals surface area contributed by atoms with Gasteiger partial charge in [0, 0.05) is 13.1 Å². The smallest absolute Gasteiger partial charge is 0.306 e. The molecule has 0 unspecified atom stereocenters. The van der Waals surface area contributed by atoms with Gasteiger partial charge in [-0.25, -0.2) is 8.42 Å². The molecule has 0 bridgehead atoms. The Balaban J connectivity index is 3.60. The number of alkyl halides is 6. The average Bonchev–Trinajstić information content (AvgIpc) is 2.45. The predicted molar refractivity (Wildman–Crippen MR) is 74.5 cm³/mol. The monoisotopic (exact) mass is 378 g/mol. The number of hydrogen-bond donors (Lipinski definition) is 1. The summed E-state index contributed by atoms with van der Waals surface area (Å²) in [4.78, 5) is -0.688. The van der Waals surface area contributed by atoms with E-state index >= 15 is 0 Å². The van der Waals surface area contributed by atoms with Crippen LogP contribution < -0.4 is 5.73 Å². The summed E-state index contributed by atoms with van der Waals surface area (Å²) in [7, 11) is -4.23. The number of hydrogen-bond acceptors (Lipinski definition) is 3. The number of sulfonamides is 1. The number of halogens is 6. The highest BCUT2D eigenvalue weighted by molar-refractivity contribution is 7.89. The molecule has 1 aromatic carbocycles. The van der Waals surface area contributed by atoms with Crippen LogP contribution in [0.5, 0.6) is 0 Å². The van der Waals surface area contributed by atoms with Crippen molar-refractivity contribution in [1.29, 1.82) is 0 Å². The standard InChI is InChI=1S/C13H16F6N2O2S/c1-3-21(4-2)24(22,23)10-7-5-6-9(8-10)11(20,12(14,15)16)13(17,18)19/h5-8H,3-4,20H2,1-2H3. The van der Waals surface area contributed by atoms with Crippen LogP contribution in [0.15, 0.2) is 29.2 Å². The summed E-state index contributed by atoms with van der Waals surface area (Å²) in [6.07, 6.45) is -11.7. The Morgan fingerprint density at radius 2 is 1.46 bits per heavy atom. The number of rotatable bonds is 5. The van der Waals surface area contributed by atoms with Crippen molar-refractivity contribution in [2.24, 2.45) is 5.73 Å². The van der Waals surface area contributed by atoms with Gasteiger partial charge in [0.05, 0.1) is 4.90 Å². The fraction of sp³-hybridized carbons (Fsp3) is 0.538. The van der Waals surface area contributed by atoms with Crippen LogP contribution >= 0.6 is 0 Å². The second kappa shape index (κ2) is 6.52. The lowest BCUT2D eigenvalue weighted by molar-refractivity contribution is -0.301. The van der Waals surface area contributed by atoms with Gasteiger partial charge in [-0.15, -0.1) is 0 Å². The van der Waals surface area contributed by atoms with Gasteiger partial charge in [-0.2, -0.15) is 30.6 Å². The van der Waals surface area contributed by atoms with E-state index in [4.69, 9.17) is 0 Å². The molecule has 1 aromatic rings. The summed E-state index contributed by atoms with van der Waals surface area (Å²) < 4.78 is 104. The Labute approximate surface area is 135 Å². The molecule has 0 heterocycles. The van der Waals surface area contributed by atoms with E-state index in [1.807, 2.05) is 0 Å². The zero-order chi connectivity index (χ0) is 19.0. The molecule has 2 N–H and O–H groups in total. The number of nitrogens with two attached hydrogens (primary N) is 1. The minimum atomic E-state index is -5.86. The molecule has 0 aliphatic heterocycles. The zero-order valence-electron chi connectivity index (χ0n) is 12.7. The van der Waals surface area contributed by atoms with E-state index in [1.54, 1.807) is 0 Å². The van der Waals surface area contributed by atoms with E-state index in [0.717, 1.165) is 16.4 Å². The normalized spacial score (nSPS) is 14.2.